The largest absolute Gasteiger partial charge is 0.430 e. The number of ether oxygens (including phenoxy) is 2. The van der Waals surface area contributed by atoms with Gasteiger partial charge in [0.15, 0.2) is 0 Å². The Bertz CT molecular complexity index is 214. The summed E-state index contributed by atoms with van der Waals surface area (Å²) in [5, 5.41) is 0. The highest BCUT2D eigenvalue weighted by Crippen LogP contribution is 2.26. The van der Waals surface area contributed by atoms with Crippen LogP contribution in [-0.4, -0.2) is 18.4 Å². The third-order valence-corrected chi connectivity index (χ3v) is 2.09. The molecular weight excluding hydrogens is 168 g/mol. The molecular formula is C10H16O3. The molecule has 74 valence electrons. The molecule has 0 aromatic carbocycles. The average Bonchev–Trinajstić information content (AvgIpc) is 2.04. The maximum atomic E-state index is 11.2. The molecule has 0 aromatic rings. The van der Waals surface area contributed by atoms with E-state index in [1.807, 2.05) is 0 Å². The Hall–Kier alpha value is -0.830. The summed E-state index contributed by atoms with van der Waals surface area (Å²) >= 11 is 0. The fraction of sp³-hybridized carbons (Fsp3) is 0.700. The molecule has 1 rings (SSSR count). The van der Waals surface area contributed by atoms with Gasteiger partial charge in [0.1, 0.15) is 0 Å². The highest BCUT2D eigenvalue weighted by atomic mass is 16.7. The van der Waals surface area contributed by atoms with E-state index in [4.69, 9.17) is 9.47 Å². The second kappa shape index (κ2) is 3.92. The lowest BCUT2D eigenvalue weighted by molar-refractivity contribution is -0.234. The molecule has 1 saturated heterocycles. The Labute approximate surface area is 78.7 Å². The third-order valence-electron chi connectivity index (χ3n) is 2.09. The van der Waals surface area contributed by atoms with Crippen molar-refractivity contribution in [1.29, 1.82) is 0 Å². The molecule has 3 heteroatoms. The van der Waals surface area contributed by atoms with Crippen molar-refractivity contribution in [1.82, 2.24) is 0 Å². The predicted octanol–water partition coefficient (Wildman–Crippen LogP) is 2.02. The Kier molecular flexibility index (Phi) is 3.09. The van der Waals surface area contributed by atoms with Crippen LogP contribution in [-0.2, 0) is 14.3 Å². The lowest BCUT2D eigenvalue weighted by Gasteiger charge is -2.33. The summed E-state index contributed by atoms with van der Waals surface area (Å²) in [4.78, 5) is 11.2. The number of carbonyl (C=O) groups is 1. The molecule has 0 aliphatic carbocycles. The Morgan fingerprint density at radius 3 is 2.69 bits per heavy atom. The Balaban J connectivity index is 2.50. The van der Waals surface area contributed by atoms with Gasteiger partial charge in [0.25, 0.3) is 0 Å². The van der Waals surface area contributed by atoms with Crippen molar-refractivity contribution in [3.05, 3.63) is 12.2 Å². The molecule has 13 heavy (non-hydrogen) atoms. The van der Waals surface area contributed by atoms with Gasteiger partial charge in [-0.25, -0.2) is 4.79 Å². The monoisotopic (exact) mass is 184 g/mol. The van der Waals surface area contributed by atoms with Gasteiger partial charge < -0.3 is 9.47 Å². The van der Waals surface area contributed by atoms with Crippen LogP contribution in [0.5, 0.6) is 0 Å². The van der Waals surface area contributed by atoms with Crippen LogP contribution in [0, 0.1) is 0 Å². The van der Waals surface area contributed by atoms with E-state index in [1.54, 1.807) is 13.8 Å². The van der Waals surface area contributed by atoms with Gasteiger partial charge in [-0.1, -0.05) is 6.58 Å². The molecule has 0 N–H and O–H groups in total. The average molecular weight is 184 g/mol. The Morgan fingerprint density at radius 2 is 2.23 bits per heavy atom. The molecule has 1 atom stereocenters. The first-order valence-corrected chi connectivity index (χ1v) is 4.56. The van der Waals surface area contributed by atoms with E-state index >= 15 is 0 Å². The summed E-state index contributed by atoms with van der Waals surface area (Å²) in [7, 11) is 0. The van der Waals surface area contributed by atoms with Crippen LogP contribution in [0.2, 0.25) is 0 Å². The third kappa shape index (κ3) is 2.84. The van der Waals surface area contributed by atoms with Gasteiger partial charge in [-0.15, -0.1) is 0 Å². The molecule has 3 nitrogen and oxygen atoms in total. The van der Waals surface area contributed by atoms with Crippen LogP contribution in [0.4, 0.5) is 0 Å². The number of rotatable bonds is 2. The quantitative estimate of drug-likeness (QED) is 0.486. The summed E-state index contributed by atoms with van der Waals surface area (Å²) in [6, 6.07) is 0. The van der Waals surface area contributed by atoms with Crippen molar-refractivity contribution < 1.29 is 14.3 Å². The van der Waals surface area contributed by atoms with Gasteiger partial charge in [0.2, 0.25) is 5.79 Å². The van der Waals surface area contributed by atoms with Gasteiger partial charge in [-0.3, -0.25) is 0 Å². The molecule has 1 aliphatic rings. The number of hydrogen-bond donors (Lipinski definition) is 0. The van der Waals surface area contributed by atoms with E-state index in [0.29, 0.717) is 12.2 Å². The first kappa shape index (κ1) is 10.3. The Morgan fingerprint density at radius 1 is 1.54 bits per heavy atom. The van der Waals surface area contributed by atoms with Crippen molar-refractivity contribution in [3.63, 3.8) is 0 Å². The smallest absolute Gasteiger partial charge is 0.335 e. The van der Waals surface area contributed by atoms with Gasteiger partial charge in [-0.2, -0.15) is 0 Å². The maximum Gasteiger partial charge on any atom is 0.335 e. The van der Waals surface area contributed by atoms with E-state index in [0.717, 1.165) is 19.3 Å². The minimum atomic E-state index is -0.728. The highest BCUT2D eigenvalue weighted by Gasteiger charge is 2.31. The molecule has 1 heterocycles. The van der Waals surface area contributed by atoms with E-state index in [1.165, 1.54) is 0 Å². The summed E-state index contributed by atoms with van der Waals surface area (Å²) in [5.41, 5.74) is 0.412. The molecule has 0 spiro atoms. The molecule has 1 unspecified atom stereocenters. The molecule has 0 aromatic heterocycles. The van der Waals surface area contributed by atoms with Crippen molar-refractivity contribution in [2.24, 2.45) is 0 Å². The lowest BCUT2D eigenvalue weighted by atomic mass is 10.1. The maximum absolute atomic E-state index is 11.2. The molecule has 1 fully saturated rings. The van der Waals surface area contributed by atoms with Gasteiger partial charge in [-0.05, 0) is 19.8 Å². The first-order chi connectivity index (χ1) is 6.03. The number of hydrogen-bond acceptors (Lipinski definition) is 3. The van der Waals surface area contributed by atoms with Crippen LogP contribution < -0.4 is 0 Å². The van der Waals surface area contributed by atoms with E-state index < -0.39 is 5.79 Å². The first-order valence-electron chi connectivity index (χ1n) is 4.56. The predicted molar refractivity (Wildman–Crippen MR) is 49.1 cm³/mol. The minimum absolute atomic E-state index is 0.371. The topological polar surface area (TPSA) is 35.5 Å². The zero-order valence-electron chi connectivity index (χ0n) is 8.26. The summed E-state index contributed by atoms with van der Waals surface area (Å²) in [5.74, 6) is -1.10. The molecule has 0 radical (unpaired) electrons. The molecule has 1 aliphatic heterocycles. The van der Waals surface area contributed by atoms with Crippen molar-refractivity contribution in [3.8, 4) is 0 Å². The van der Waals surface area contributed by atoms with E-state index in [9.17, 15) is 4.79 Å². The number of esters is 1. The van der Waals surface area contributed by atoms with Crippen LogP contribution in [0.25, 0.3) is 0 Å². The minimum Gasteiger partial charge on any atom is -0.430 e. The molecule has 0 saturated carbocycles. The lowest BCUT2D eigenvalue weighted by Crippen LogP contribution is -2.38. The van der Waals surface area contributed by atoms with Crippen molar-refractivity contribution >= 4 is 5.97 Å². The molecule has 0 amide bonds. The SMILES string of the molecule is C=C(C)C(=O)OC1(C)CCCCO1. The fourth-order valence-corrected chi connectivity index (χ4v) is 1.27. The molecule has 0 bridgehead atoms. The second-order valence-corrected chi connectivity index (χ2v) is 3.61. The fourth-order valence-electron chi connectivity index (χ4n) is 1.27. The van der Waals surface area contributed by atoms with Crippen LogP contribution in [0.1, 0.15) is 33.1 Å². The van der Waals surface area contributed by atoms with E-state index in [2.05, 4.69) is 6.58 Å². The van der Waals surface area contributed by atoms with Gasteiger partial charge in [0.05, 0.1) is 6.61 Å². The summed E-state index contributed by atoms with van der Waals surface area (Å²) < 4.78 is 10.6. The van der Waals surface area contributed by atoms with Crippen LogP contribution in [0.15, 0.2) is 12.2 Å². The van der Waals surface area contributed by atoms with Crippen molar-refractivity contribution in [2.75, 3.05) is 6.61 Å². The van der Waals surface area contributed by atoms with Crippen LogP contribution in [0.3, 0.4) is 0 Å². The zero-order chi connectivity index (χ0) is 9.90. The zero-order valence-corrected chi connectivity index (χ0v) is 8.26. The van der Waals surface area contributed by atoms with Gasteiger partial charge in [0, 0.05) is 18.9 Å². The standard InChI is InChI=1S/C10H16O3/c1-8(2)9(11)13-10(3)6-4-5-7-12-10/h1,4-7H2,2-3H3. The van der Waals surface area contributed by atoms with Gasteiger partial charge >= 0.3 is 5.97 Å². The van der Waals surface area contributed by atoms with Crippen LogP contribution >= 0.6 is 0 Å². The second-order valence-electron chi connectivity index (χ2n) is 3.61. The number of carbonyl (C=O) groups excluding carboxylic acids is 1. The summed E-state index contributed by atoms with van der Waals surface area (Å²) in [6.45, 7) is 7.62. The normalized spacial score (nSPS) is 28.2. The highest BCUT2D eigenvalue weighted by molar-refractivity contribution is 5.87. The summed E-state index contributed by atoms with van der Waals surface area (Å²) in [6.07, 6.45) is 2.85. The van der Waals surface area contributed by atoms with Crippen molar-refractivity contribution in [2.45, 2.75) is 38.9 Å². The van der Waals surface area contributed by atoms with E-state index in [-0.39, 0.29) is 5.97 Å².